The summed E-state index contributed by atoms with van der Waals surface area (Å²) in [5, 5.41) is 2.96. The molecule has 8 nitrogen and oxygen atoms in total. The number of carbonyl (C=O) groups excluding carboxylic acids is 1. The third kappa shape index (κ3) is 6.22. The first-order chi connectivity index (χ1) is 14.5. The van der Waals surface area contributed by atoms with Crippen molar-refractivity contribution in [1.29, 1.82) is 0 Å². The highest BCUT2D eigenvalue weighted by Crippen LogP contribution is 2.38. The van der Waals surface area contributed by atoms with Gasteiger partial charge in [0.15, 0.2) is 11.5 Å². The van der Waals surface area contributed by atoms with E-state index in [1.54, 1.807) is 12.1 Å². The van der Waals surface area contributed by atoms with Gasteiger partial charge in [0.1, 0.15) is 6.54 Å². The molecule has 0 fully saturated rings. The Bertz CT molecular complexity index is 1050. The Balaban J connectivity index is 2.23. The van der Waals surface area contributed by atoms with E-state index in [0.717, 1.165) is 10.6 Å². The molecular formula is C19H21Cl3N2O6S. The molecule has 170 valence electrons. The Morgan fingerprint density at radius 2 is 1.48 bits per heavy atom. The highest BCUT2D eigenvalue weighted by molar-refractivity contribution is 7.92. The second kappa shape index (κ2) is 10.5. The molecule has 0 radical (unpaired) electrons. The number of sulfonamides is 1. The van der Waals surface area contributed by atoms with E-state index in [4.69, 9.17) is 49.0 Å². The Morgan fingerprint density at radius 1 is 0.935 bits per heavy atom. The number of nitrogens with one attached hydrogen (secondary N) is 1. The normalized spacial score (nSPS) is 11.1. The molecule has 0 saturated heterocycles. The van der Waals surface area contributed by atoms with Gasteiger partial charge in [-0.05, 0) is 29.8 Å². The van der Waals surface area contributed by atoms with Crippen molar-refractivity contribution < 1.29 is 27.4 Å². The van der Waals surface area contributed by atoms with Gasteiger partial charge in [0.25, 0.3) is 0 Å². The molecule has 0 aliphatic carbocycles. The van der Waals surface area contributed by atoms with Gasteiger partial charge >= 0.3 is 0 Å². The average Bonchev–Trinajstić information content (AvgIpc) is 2.71. The zero-order valence-electron chi connectivity index (χ0n) is 17.2. The van der Waals surface area contributed by atoms with Crippen LogP contribution in [0.15, 0.2) is 24.3 Å². The van der Waals surface area contributed by atoms with Crippen LogP contribution in [0, 0.1) is 0 Å². The maximum Gasteiger partial charge on any atom is 0.241 e. The Labute approximate surface area is 196 Å². The molecule has 0 aromatic heterocycles. The van der Waals surface area contributed by atoms with Crippen molar-refractivity contribution in [1.82, 2.24) is 5.32 Å². The number of halogens is 3. The van der Waals surface area contributed by atoms with Gasteiger partial charge in [0, 0.05) is 6.54 Å². The Hall–Kier alpha value is -2.07. The van der Waals surface area contributed by atoms with Gasteiger partial charge in [-0.2, -0.15) is 0 Å². The fourth-order valence-electron chi connectivity index (χ4n) is 2.71. The number of ether oxygens (including phenoxy) is 3. The van der Waals surface area contributed by atoms with Crippen molar-refractivity contribution in [2.24, 2.45) is 0 Å². The van der Waals surface area contributed by atoms with E-state index in [0.29, 0.717) is 22.8 Å². The lowest BCUT2D eigenvalue weighted by Crippen LogP contribution is -2.40. The molecule has 0 aliphatic heterocycles. The number of rotatable bonds is 9. The van der Waals surface area contributed by atoms with E-state index >= 15 is 0 Å². The molecule has 0 atom stereocenters. The van der Waals surface area contributed by atoms with Crippen LogP contribution in [0.25, 0.3) is 0 Å². The molecule has 31 heavy (non-hydrogen) atoms. The minimum atomic E-state index is -3.85. The van der Waals surface area contributed by atoms with Crippen LogP contribution < -0.4 is 23.8 Å². The maximum absolute atomic E-state index is 12.5. The lowest BCUT2D eigenvalue weighted by Gasteiger charge is -2.23. The molecule has 2 aromatic rings. The number of hydrogen-bond acceptors (Lipinski definition) is 6. The van der Waals surface area contributed by atoms with E-state index in [1.807, 2.05) is 0 Å². The molecule has 0 unspecified atom stereocenters. The predicted octanol–water partition coefficient (Wildman–Crippen LogP) is 3.76. The van der Waals surface area contributed by atoms with E-state index in [1.165, 1.54) is 33.5 Å². The number of hydrogen-bond donors (Lipinski definition) is 1. The topological polar surface area (TPSA) is 94.2 Å². The van der Waals surface area contributed by atoms with E-state index in [-0.39, 0.29) is 27.3 Å². The van der Waals surface area contributed by atoms with Crippen LogP contribution in [0.5, 0.6) is 17.2 Å². The van der Waals surface area contributed by atoms with Gasteiger partial charge in [0.2, 0.25) is 21.7 Å². The lowest BCUT2D eigenvalue weighted by atomic mass is 10.1. The molecule has 1 N–H and O–H groups in total. The third-order valence-corrected chi connectivity index (χ3v) is 6.31. The standard InChI is InChI=1S/C19H21Cl3N2O6S/c1-28-16-5-11(6-17(29-2)19(16)30-3)9-23-18(25)10-24(31(4,26)27)15-8-13(21)12(20)7-14(15)22/h5-8H,9-10H2,1-4H3,(H,23,25). The summed E-state index contributed by atoms with van der Waals surface area (Å²) in [5.74, 6) is 0.691. The summed E-state index contributed by atoms with van der Waals surface area (Å²) in [4.78, 5) is 12.5. The number of benzene rings is 2. The van der Waals surface area contributed by atoms with E-state index < -0.39 is 22.5 Å². The minimum Gasteiger partial charge on any atom is -0.493 e. The van der Waals surface area contributed by atoms with Crippen LogP contribution in [-0.2, 0) is 21.4 Å². The Morgan fingerprint density at radius 3 is 1.97 bits per heavy atom. The fraction of sp³-hybridized carbons (Fsp3) is 0.316. The summed E-state index contributed by atoms with van der Waals surface area (Å²) in [6.45, 7) is -0.427. The molecule has 0 spiro atoms. The van der Waals surface area contributed by atoms with Crippen molar-refractivity contribution in [3.8, 4) is 17.2 Å². The molecule has 0 saturated carbocycles. The average molecular weight is 512 g/mol. The molecule has 0 heterocycles. The minimum absolute atomic E-state index is 0.0391. The highest BCUT2D eigenvalue weighted by Gasteiger charge is 2.24. The number of amides is 1. The van der Waals surface area contributed by atoms with Crippen LogP contribution in [-0.4, -0.2) is 48.5 Å². The van der Waals surface area contributed by atoms with E-state index in [9.17, 15) is 13.2 Å². The summed E-state index contributed by atoms with van der Waals surface area (Å²) < 4.78 is 41.3. The van der Waals surface area contributed by atoms with Gasteiger partial charge < -0.3 is 19.5 Å². The monoisotopic (exact) mass is 510 g/mol. The third-order valence-electron chi connectivity index (χ3n) is 4.16. The fourth-order valence-corrected chi connectivity index (χ4v) is 4.26. The van der Waals surface area contributed by atoms with E-state index in [2.05, 4.69) is 5.32 Å². The molecular weight excluding hydrogens is 491 g/mol. The summed E-state index contributed by atoms with van der Waals surface area (Å²) >= 11 is 18.0. The first kappa shape index (κ1) is 25.2. The molecule has 0 bridgehead atoms. The predicted molar refractivity (Wildman–Crippen MR) is 122 cm³/mol. The van der Waals surface area contributed by atoms with Gasteiger partial charge in [-0.3, -0.25) is 9.10 Å². The van der Waals surface area contributed by atoms with Crippen LogP contribution in [0.1, 0.15) is 5.56 Å². The molecule has 12 heteroatoms. The number of carbonyl (C=O) groups is 1. The van der Waals surface area contributed by atoms with Gasteiger partial charge in [-0.15, -0.1) is 0 Å². The second-order valence-electron chi connectivity index (χ2n) is 6.30. The number of anilines is 1. The van der Waals surface area contributed by atoms with Gasteiger partial charge in [-0.1, -0.05) is 34.8 Å². The molecule has 2 aromatic carbocycles. The molecule has 2 rings (SSSR count). The van der Waals surface area contributed by atoms with Gasteiger partial charge in [0.05, 0.1) is 48.3 Å². The number of nitrogens with zero attached hydrogens (tertiary/aromatic N) is 1. The summed E-state index contributed by atoms with van der Waals surface area (Å²) in [6, 6.07) is 5.95. The largest absolute Gasteiger partial charge is 0.493 e. The van der Waals surface area contributed by atoms with Crippen molar-refractivity contribution in [2.45, 2.75) is 6.54 Å². The molecule has 1 amide bonds. The Kier molecular flexibility index (Phi) is 8.53. The van der Waals surface area contributed by atoms with Crippen molar-refractivity contribution >= 4 is 56.4 Å². The van der Waals surface area contributed by atoms with Crippen LogP contribution >= 0.6 is 34.8 Å². The number of methoxy groups -OCH3 is 3. The summed E-state index contributed by atoms with van der Waals surface area (Å²) in [7, 11) is 0.587. The second-order valence-corrected chi connectivity index (χ2v) is 9.43. The SMILES string of the molecule is COc1cc(CNC(=O)CN(c2cc(Cl)c(Cl)cc2Cl)S(C)(=O)=O)cc(OC)c1OC. The summed E-state index contributed by atoms with van der Waals surface area (Å²) in [5.41, 5.74) is 0.697. The smallest absolute Gasteiger partial charge is 0.241 e. The van der Waals surface area contributed by atoms with Crippen molar-refractivity contribution in [2.75, 3.05) is 38.4 Å². The van der Waals surface area contributed by atoms with Gasteiger partial charge in [-0.25, -0.2) is 8.42 Å². The molecule has 0 aliphatic rings. The first-order valence-electron chi connectivity index (χ1n) is 8.69. The van der Waals surface area contributed by atoms with Crippen LogP contribution in [0.4, 0.5) is 5.69 Å². The quantitative estimate of drug-likeness (QED) is 0.515. The lowest BCUT2D eigenvalue weighted by molar-refractivity contribution is -0.119. The zero-order valence-corrected chi connectivity index (χ0v) is 20.2. The first-order valence-corrected chi connectivity index (χ1v) is 11.7. The van der Waals surface area contributed by atoms with Crippen LogP contribution in [0.3, 0.4) is 0 Å². The maximum atomic E-state index is 12.5. The van der Waals surface area contributed by atoms with Crippen molar-refractivity contribution in [3.05, 3.63) is 44.9 Å². The summed E-state index contributed by atoms with van der Waals surface area (Å²) in [6.07, 6.45) is 0.957. The highest BCUT2D eigenvalue weighted by atomic mass is 35.5. The van der Waals surface area contributed by atoms with Crippen molar-refractivity contribution in [3.63, 3.8) is 0 Å². The zero-order chi connectivity index (χ0) is 23.3. The van der Waals surface area contributed by atoms with Crippen LogP contribution in [0.2, 0.25) is 15.1 Å².